The molecule has 1 rings (SSSR count). The number of sulfone groups is 1. The summed E-state index contributed by atoms with van der Waals surface area (Å²) in [6.07, 6.45) is 1.03. The van der Waals surface area contributed by atoms with E-state index in [9.17, 15) is 13.2 Å². The number of carbonyl (C=O) groups is 1. The zero-order valence-corrected chi connectivity index (χ0v) is 11.3. The minimum absolute atomic E-state index is 0.310. The van der Waals surface area contributed by atoms with E-state index in [1.54, 1.807) is 12.1 Å². The molecule has 0 aromatic heterocycles. The molecule has 0 fully saturated rings. The van der Waals surface area contributed by atoms with Gasteiger partial charge in [-0.25, -0.2) is 8.42 Å². The molecule has 0 bridgehead atoms. The van der Waals surface area contributed by atoms with Crippen LogP contribution < -0.4 is 4.74 Å². The Balaban J connectivity index is 3.08. The fraction of sp³-hybridized carbons (Fsp3) is 0.300. The molecule has 0 saturated heterocycles. The van der Waals surface area contributed by atoms with E-state index in [1.807, 2.05) is 0 Å². The highest BCUT2D eigenvalue weighted by Crippen LogP contribution is 2.23. The molecule has 0 amide bonds. The first kappa shape index (κ1) is 13.2. The van der Waals surface area contributed by atoms with Crippen molar-refractivity contribution in [1.29, 1.82) is 0 Å². The molecule has 0 aliphatic heterocycles. The van der Waals surface area contributed by atoms with Crippen LogP contribution in [-0.4, -0.2) is 33.3 Å². The lowest BCUT2D eigenvalue weighted by Gasteiger charge is -2.05. The minimum atomic E-state index is -3.32. The number of ketones is 1. The van der Waals surface area contributed by atoms with Gasteiger partial charge < -0.3 is 4.74 Å². The van der Waals surface area contributed by atoms with Gasteiger partial charge >= 0.3 is 0 Å². The summed E-state index contributed by atoms with van der Waals surface area (Å²) in [5, 5.41) is 0. The molecule has 0 spiro atoms. The molecule has 0 saturated carbocycles. The second kappa shape index (κ2) is 4.97. The van der Waals surface area contributed by atoms with E-state index >= 15 is 0 Å². The van der Waals surface area contributed by atoms with Crippen LogP contribution in [-0.2, 0) is 9.84 Å². The molecule has 1 aromatic rings. The van der Waals surface area contributed by atoms with Gasteiger partial charge in [-0.05, 0) is 18.2 Å². The fourth-order valence-electron chi connectivity index (χ4n) is 1.16. The second-order valence-corrected chi connectivity index (χ2v) is 6.33. The summed E-state index contributed by atoms with van der Waals surface area (Å²) in [5.74, 6) is -0.438. The highest BCUT2D eigenvalue weighted by atomic mass is 79.9. The third-order valence-electron chi connectivity index (χ3n) is 1.87. The molecule has 88 valence electrons. The number of benzene rings is 1. The van der Waals surface area contributed by atoms with Gasteiger partial charge in [0.2, 0.25) is 0 Å². The number of hydrogen-bond donors (Lipinski definition) is 0. The molecular weight excluding hydrogens is 296 g/mol. The Bertz CT molecular complexity index is 508. The smallest absolute Gasteiger partial charge is 0.179 e. The van der Waals surface area contributed by atoms with Crippen molar-refractivity contribution in [3.63, 3.8) is 0 Å². The minimum Gasteiger partial charge on any atom is -0.497 e. The largest absolute Gasteiger partial charge is 0.497 e. The Morgan fingerprint density at radius 2 is 2.06 bits per heavy atom. The number of rotatable bonds is 4. The van der Waals surface area contributed by atoms with Crippen molar-refractivity contribution in [3.8, 4) is 5.75 Å². The normalized spacial score (nSPS) is 11.2. The lowest BCUT2D eigenvalue weighted by molar-refractivity contribution is 0.102. The van der Waals surface area contributed by atoms with Gasteiger partial charge in [0.05, 0.1) is 7.11 Å². The Hall–Kier alpha value is -0.880. The van der Waals surface area contributed by atoms with Crippen LogP contribution in [0.3, 0.4) is 0 Å². The van der Waals surface area contributed by atoms with E-state index < -0.39 is 21.4 Å². The number of hydrogen-bond acceptors (Lipinski definition) is 4. The molecule has 0 unspecified atom stereocenters. The van der Waals surface area contributed by atoms with E-state index in [1.165, 1.54) is 13.2 Å². The van der Waals surface area contributed by atoms with Crippen LogP contribution in [0.1, 0.15) is 10.4 Å². The van der Waals surface area contributed by atoms with Crippen LogP contribution in [0.25, 0.3) is 0 Å². The summed E-state index contributed by atoms with van der Waals surface area (Å²) in [5.41, 5.74) is 0.310. The van der Waals surface area contributed by atoms with Crippen molar-refractivity contribution >= 4 is 31.6 Å². The molecule has 0 N–H and O–H groups in total. The standard InChI is InChI=1S/C10H11BrO4S/c1-15-7-3-4-9(11)8(5-7)10(12)6-16(2,13)14/h3-5H,6H2,1-2H3. The molecule has 6 heteroatoms. The van der Waals surface area contributed by atoms with Crippen LogP contribution in [0.4, 0.5) is 0 Å². The Morgan fingerprint density at radius 3 is 2.56 bits per heavy atom. The fourth-order valence-corrected chi connectivity index (χ4v) is 2.26. The molecule has 0 aliphatic rings. The monoisotopic (exact) mass is 306 g/mol. The first-order valence-corrected chi connectivity index (χ1v) is 7.23. The van der Waals surface area contributed by atoms with Crippen molar-refractivity contribution in [2.75, 3.05) is 19.1 Å². The maximum atomic E-state index is 11.7. The third-order valence-corrected chi connectivity index (χ3v) is 3.35. The summed E-state index contributed by atoms with van der Waals surface area (Å²) in [7, 11) is -1.84. The van der Waals surface area contributed by atoms with E-state index in [0.29, 0.717) is 15.8 Å². The predicted octanol–water partition coefficient (Wildman–Crippen LogP) is 1.69. The molecule has 16 heavy (non-hydrogen) atoms. The van der Waals surface area contributed by atoms with Gasteiger partial charge in [-0.3, -0.25) is 4.79 Å². The van der Waals surface area contributed by atoms with Gasteiger partial charge in [0, 0.05) is 16.3 Å². The van der Waals surface area contributed by atoms with Crippen molar-refractivity contribution < 1.29 is 17.9 Å². The predicted molar refractivity (Wildman–Crippen MR) is 64.7 cm³/mol. The Labute approximate surface area is 103 Å². The molecule has 0 atom stereocenters. The van der Waals surface area contributed by atoms with Crippen molar-refractivity contribution in [1.82, 2.24) is 0 Å². The average molecular weight is 307 g/mol. The highest BCUT2D eigenvalue weighted by Gasteiger charge is 2.16. The first-order chi connectivity index (χ1) is 7.33. The summed E-state index contributed by atoms with van der Waals surface area (Å²) in [6.45, 7) is 0. The summed E-state index contributed by atoms with van der Waals surface area (Å²) in [6, 6.07) is 4.84. The van der Waals surface area contributed by atoms with Crippen LogP contribution in [0.5, 0.6) is 5.75 Å². The van der Waals surface area contributed by atoms with Crippen molar-refractivity contribution in [2.45, 2.75) is 0 Å². The quantitative estimate of drug-likeness (QED) is 0.794. The molecule has 1 aromatic carbocycles. The molecule has 4 nitrogen and oxygen atoms in total. The zero-order valence-electron chi connectivity index (χ0n) is 8.86. The van der Waals surface area contributed by atoms with Gasteiger partial charge in [0.25, 0.3) is 0 Å². The maximum Gasteiger partial charge on any atom is 0.179 e. The number of carbonyl (C=O) groups excluding carboxylic acids is 1. The summed E-state index contributed by atoms with van der Waals surface area (Å²) >= 11 is 3.20. The average Bonchev–Trinajstić information content (AvgIpc) is 2.15. The van der Waals surface area contributed by atoms with Crippen molar-refractivity contribution in [2.24, 2.45) is 0 Å². The van der Waals surface area contributed by atoms with Crippen LogP contribution in [0.15, 0.2) is 22.7 Å². The van der Waals surface area contributed by atoms with Gasteiger partial charge in [0.1, 0.15) is 11.5 Å². The number of ether oxygens (including phenoxy) is 1. The zero-order chi connectivity index (χ0) is 12.3. The van der Waals surface area contributed by atoms with E-state index in [4.69, 9.17) is 4.74 Å². The molecular formula is C10H11BrO4S. The SMILES string of the molecule is COc1ccc(Br)c(C(=O)CS(C)(=O)=O)c1. The first-order valence-electron chi connectivity index (χ1n) is 4.38. The van der Waals surface area contributed by atoms with Crippen LogP contribution in [0.2, 0.25) is 0 Å². The number of halogens is 1. The van der Waals surface area contributed by atoms with Crippen LogP contribution >= 0.6 is 15.9 Å². The van der Waals surface area contributed by atoms with E-state index in [2.05, 4.69) is 15.9 Å². The molecule has 0 aliphatic carbocycles. The molecule has 0 heterocycles. The Kier molecular flexibility index (Phi) is 4.09. The summed E-state index contributed by atoms with van der Waals surface area (Å²) in [4.78, 5) is 11.7. The maximum absolute atomic E-state index is 11.7. The van der Waals surface area contributed by atoms with Gasteiger partial charge in [0.15, 0.2) is 15.6 Å². The Morgan fingerprint density at radius 1 is 1.44 bits per heavy atom. The number of methoxy groups -OCH3 is 1. The lowest BCUT2D eigenvalue weighted by atomic mass is 10.1. The van der Waals surface area contributed by atoms with Crippen molar-refractivity contribution in [3.05, 3.63) is 28.2 Å². The second-order valence-electron chi connectivity index (χ2n) is 3.34. The lowest BCUT2D eigenvalue weighted by Crippen LogP contribution is -2.15. The topological polar surface area (TPSA) is 60.4 Å². The van der Waals surface area contributed by atoms with E-state index in [0.717, 1.165) is 6.26 Å². The van der Waals surface area contributed by atoms with Gasteiger partial charge in [-0.1, -0.05) is 15.9 Å². The van der Waals surface area contributed by atoms with Gasteiger partial charge in [-0.15, -0.1) is 0 Å². The van der Waals surface area contributed by atoms with E-state index in [-0.39, 0.29) is 0 Å². The third kappa shape index (κ3) is 3.61. The summed E-state index contributed by atoms with van der Waals surface area (Å²) < 4.78 is 27.6. The molecule has 0 radical (unpaired) electrons. The van der Waals surface area contributed by atoms with Crippen LogP contribution in [0, 0.1) is 0 Å². The number of Topliss-reactive ketones (excluding diaryl/α,β-unsaturated/α-hetero) is 1. The highest BCUT2D eigenvalue weighted by molar-refractivity contribution is 9.10. The van der Waals surface area contributed by atoms with Gasteiger partial charge in [-0.2, -0.15) is 0 Å².